The van der Waals surface area contributed by atoms with E-state index < -0.39 is 49.5 Å². The van der Waals surface area contributed by atoms with E-state index in [-0.39, 0.29) is 12.5 Å². The van der Waals surface area contributed by atoms with Crippen LogP contribution in [0, 0.1) is 0 Å². The van der Waals surface area contributed by atoms with Crippen molar-refractivity contribution >= 4 is 5.91 Å². The van der Waals surface area contributed by atoms with Gasteiger partial charge in [0.15, 0.2) is 6.29 Å². The summed E-state index contributed by atoms with van der Waals surface area (Å²) in [5.41, 5.74) is 0. The molecule has 0 aliphatic carbocycles. The number of aliphatic hydroxyl groups excluding tert-OH is 5. The Hall–Kier alpha value is -1.07. The van der Waals surface area contributed by atoms with Crippen LogP contribution in [0.4, 0.5) is 0 Å². The van der Waals surface area contributed by atoms with Gasteiger partial charge >= 0.3 is 0 Å². The van der Waals surface area contributed by atoms with Crippen molar-refractivity contribution < 1.29 is 39.8 Å². The number of nitrogens with one attached hydrogen (secondary N) is 1. The largest absolute Gasteiger partial charge is 0.394 e. The Balaban J connectivity index is 2.09. The Labute approximate surface area is 490 Å². The maximum atomic E-state index is 13.2. The molecule has 1 saturated heterocycles. The molecule has 470 valence electrons. The van der Waals surface area contributed by atoms with Gasteiger partial charge in [-0.2, -0.15) is 0 Å². The highest BCUT2D eigenvalue weighted by Crippen LogP contribution is 2.24. The Bertz CT molecular complexity index is 1250. The third kappa shape index (κ3) is 49.0. The van der Waals surface area contributed by atoms with Gasteiger partial charge in [0.2, 0.25) is 5.91 Å². The normalized spacial score (nSPS) is 18.5. The summed E-state index contributed by atoms with van der Waals surface area (Å²) in [6, 6.07) is -0.717. The van der Waals surface area contributed by atoms with Crippen LogP contribution < -0.4 is 5.32 Å². The van der Waals surface area contributed by atoms with E-state index in [1.54, 1.807) is 0 Å². The first-order valence-electron chi connectivity index (χ1n) is 35.4. The smallest absolute Gasteiger partial charge is 0.220 e. The maximum absolute atomic E-state index is 13.2. The maximum Gasteiger partial charge on any atom is 0.220 e. The summed E-state index contributed by atoms with van der Waals surface area (Å²) in [5, 5.41) is 54.9. The van der Waals surface area contributed by atoms with Gasteiger partial charge in [0, 0.05) is 6.42 Å². The van der Waals surface area contributed by atoms with Gasteiger partial charge in [0.25, 0.3) is 0 Å². The predicted molar refractivity (Wildman–Crippen MR) is 337 cm³/mol. The second-order valence-electron chi connectivity index (χ2n) is 25.0. The molecule has 0 bridgehead atoms. The van der Waals surface area contributed by atoms with Crippen molar-refractivity contribution in [1.82, 2.24) is 5.32 Å². The Morgan fingerprint density at radius 3 is 1.03 bits per heavy atom. The minimum Gasteiger partial charge on any atom is -0.394 e. The fourth-order valence-electron chi connectivity index (χ4n) is 11.8. The molecule has 0 aromatic rings. The third-order valence-electron chi connectivity index (χ3n) is 17.4. The van der Waals surface area contributed by atoms with Crippen LogP contribution in [-0.2, 0) is 14.3 Å². The molecular weight excluding hydrogens is 983 g/mol. The zero-order valence-corrected chi connectivity index (χ0v) is 52.7. The lowest BCUT2D eigenvalue weighted by Crippen LogP contribution is -2.60. The van der Waals surface area contributed by atoms with Crippen LogP contribution in [0.25, 0.3) is 0 Å². The molecule has 0 aromatic carbocycles. The molecule has 1 heterocycles. The van der Waals surface area contributed by atoms with E-state index in [0.29, 0.717) is 12.8 Å². The molecule has 6 N–H and O–H groups in total. The van der Waals surface area contributed by atoms with Gasteiger partial charge in [-0.1, -0.05) is 341 Å². The molecule has 7 atom stereocenters. The van der Waals surface area contributed by atoms with Crippen LogP contribution in [0.2, 0.25) is 0 Å². The fourth-order valence-corrected chi connectivity index (χ4v) is 11.8. The number of carbonyl (C=O) groups excluding carboxylic acids is 1. The fraction of sp³-hybridized carbons (Fsp3) is 0.957. The second kappa shape index (κ2) is 60.1. The second-order valence-corrected chi connectivity index (χ2v) is 25.0. The van der Waals surface area contributed by atoms with E-state index in [2.05, 4.69) is 31.3 Å². The average molecular weight is 1120 g/mol. The molecule has 7 unspecified atom stereocenters. The van der Waals surface area contributed by atoms with Crippen LogP contribution in [-0.4, -0.2) is 87.5 Å². The van der Waals surface area contributed by atoms with Gasteiger partial charge in [0.05, 0.1) is 25.4 Å². The molecule has 1 amide bonds. The first-order chi connectivity index (χ1) is 38.8. The van der Waals surface area contributed by atoms with Crippen molar-refractivity contribution in [2.75, 3.05) is 13.2 Å². The molecule has 0 saturated carbocycles. The number of carbonyl (C=O) groups is 1. The van der Waals surface area contributed by atoms with Gasteiger partial charge in [-0.3, -0.25) is 4.79 Å². The number of aliphatic hydroxyl groups is 5. The number of hydrogen-bond donors (Lipinski definition) is 6. The topological polar surface area (TPSA) is 149 Å². The van der Waals surface area contributed by atoms with Crippen LogP contribution in [0.1, 0.15) is 373 Å². The molecule has 1 fully saturated rings. The summed E-state index contributed by atoms with van der Waals surface area (Å²) in [5.74, 6) is -0.135. The molecular formula is C70H137NO8. The average Bonchev–Trinajstić information content (AvgIpc) is 3.47. The highest BCUT2D eigenvalue weighted by atomic mass is 16.7. The lowest BCUT2D eigenvalue weighted by molar-refractivity contribution is -0.302. The lowest BCUT2D eigenvalue weighted by atomic mass is 9.99. The highest BCUT2D eigenvalue weighted by Gasteiger charge is 2.44. The van der Waals surface area contributed by atoms with Gasteiger partial charge in [0.1, 0.15) is 24.4 Å². The number of hydrogen-bond acceptors (Lipinski definition) is 8. The van der Waals surface area contributed by atoms with Crippen LogP contribution in [0.15, 0.2) is 12.2 Å². The summed E-state index contributed by atoms with van der Waals surface area (Å²) in [6.45, 7) is 3.90. The van der Waals surface area contributed by atoms with Crippen molar-refractivity contribution in [3.8, 4) is 0 Å². The van der Waals surface area contributed by atoms with Crippen LogP contribution in [0.3, 0.4) is 0 Å². The van der Waals surface area contributed by atoms with Gasteiger partial charge in [-0.05, 0) is 38.5 Å². The van der Waals surface area contributed by atoms with Crippen LogP contribution in [0.5, 0.6) is 0 Å². The minimum absolute atomic E-state index is 0.132. The first kappa shape index (κ1) is 75.9. The third-order valence-corrected chi connectivity index (χ3v) is 17.4. The summed E-state index contributed by atoms with van der Waals surface area (Å²) in [6.07, 6.45) is 70.0. The summed E-state index contributed by atoms with van der Waals surface area (Å²) < 4.78 is 11.4. The first-order valence-corrected chi connectivity index (χ1v) is 35.4. The summed E-state index contributed by atoms with van der Waals surface area (Å²) >= 11 is 0. The number of ether oxygens (including phenoxy) is 2. The van der Waals surface area contributed by atoms with E-state index in [1.807, 2.05) is 0 Å². The molecule has 9 heteroatoms. The van der Waals surface area contributed by atoms with E-state index in [0.717, 1.165) is 38.5 Å². The number of unbranched alkanes of at least 4 members (excludes halogenated alkanes) is 51. The molecule has 79 heavy (non-hydrogen) atoms. The Morgan fingerprint density at radius 1 is 0.418 bits per heavy atom. The SMILES string of the molecule is CCCCCCCCCC/C=C\CCCCCCCCCCCCCCCCCCCCCC(=O)NC(COC1OC(CO)C(O)C(O)C1O)C(O)CCCCCCCCCCCCCCCCCCCCCCCCCCC. The quantitative estimate of drug-likeness (QED) is 0.0261. The number of amides is 1. The molecule has 0 spiro atoms. The molecule has 1 aliphatic heterocycles. The standard InChI is InChI=1S/C70H137NO8/c1-3-5-7-9-11-13-15-17-19-21-23-25-27-29-30-31-32-33-34-36-38-40-42-44-46-48-50-52-54-56-58-60-66(74)71-63(62-78-70-69(77)68(76)67(75)65(61-72)79-70)64(73)59-57-55-53-51-49-47-45-43-41-39-37-35-28-26-24-22-20-18-16-14-12-10-8-6-4-2/h21,23,63-65,67-70,72-73,75-77H,3-20,22,24-62H2,1-2H3,(H,71,74)/b23-21-. The van der Waals surface area contributed by atoms with E-state index in [1.165, 1.54) is 308 Å². The van der Waals surface area contributed by atoms with Crippen molar-refractivity contribution in [3.05, 3.63) is 12.2 Å². The van der Waals surface area contributed by atoms with Gasteiger partial charge in [-0.15, -0.1) is 0 Å². The zero-order valence-electron chi connectivity index (χ0n) is 52.7. The monoisotopic (exact) mass is 1120 g/mol. The minimum atomic E-state index is -1.55. The Morgan fingerprint density at radius 2 is 0.709 bits per heavy atom. The number of allylic oxidation sites excluding steroid dienone is 2. The predicted octanol–water partition coefficient (Wildman–Crippen LogP) is 19.1. The molecule has 1 aliphatic rings. The van der Waals surface area contributed by atoms with Gasteiger partial charge < -0.3 is 40.3 Å². The molecule has 0 radical (unpaired) electrons. The van der Waals surface area contributed by atoms with Crippen molar-refractivity contribution in [3.63, 3.8) is 0 Å². The van der Waals surface area contributed by atoms with Crippen molar-refractivity contribution in [2.45, 2.75) is 416 Å². The van der Waals surface area contributed by atoms with E-state index in [9.17, 15) is 30.3 Å². The molecule has 1 rings (SSSR count). The van der Waals surface area contributed by atoms with Crippen molar-refractivity contribution in [1.29, 1.82) is 0 Å². The van der Waals surface area contributed by atoms with Crippen LogP contribution >= 0.6 is 0 Å². The van der Waals surface area contributed by atoms with E-state index >= 15 is 0 Å². The summed E-state index contributed by atoms with van der Waals surface area (Å²) in [4.78, 5) is 13.2. The summed E-state index contributed by atoms with van der Waals surface area (Å²) in [7, 11) is 0. The lowest BCUT2D eigenvalue weighted by Gasteiger charge is -2.40. The Kier molecular flexibility index (Phi) is 57.7. The molecule has 9 nitrogen and oxygen atoms in total. The van der Waals surface area contributed by atoms with Gasteiger partial charge in [-0.25, -0.2) is 0 Å². The van der Waals surface area contributed by atoms with Crippen molar-refractivity contribution in [2.24, 2.45) is 0 Å². The van der Waals surface area contributed by atoms with E-state index in [4.69, 9.17) is 9.47 Å². The number of rotatable bonds is 63. The highest BCUT2D eigenvalue weighted by molar-refractivity contribution is 5.76. The zero-order chi connectivity index (χ0) is 57.2. The molecule has 0 aromatic heterocycles.